The van der Waals surface area contributed by atoms with E-state index in [1.807, 2.05) is 18.5 Å². The van der Waals surface area contributed by atoms with Gasteiger partial charge in [-0.3, -0.25) is 9.88 Å². The van der Waals surface area contributed by atoms with Gasteiger partial charge in [0.1, 0.15) is 0 Å². The molecule has 0 aliphatic heterocycles. The smallest absolute Gasteiger partial charge is 0.0615 e. The largest absolute Gasteiger partial charge is 0.383 e. The van der Waals surface area contributed by atoms with Crippen LogP contribution in [-0.4, -0.2) is 42.7 Å². The molecule has 2 N–H and O–H groups in total. The quantitative estimate of drug-likeness (QED) is 0.850. The monoisotopic (exact) mass is 287 g/mol. The van der Waals surface area contributed by atoms with E-state index >= 15 is 0 Å². The molecule has 2 unspecified atom stereocenters. The van der Waals surface area contributed by atoms with Crippen molar-refractivity contribution in [3.8, 4) is 0 Å². The van der Waals surface area contributed by atoms with Crippen LogP contribution in [0.1, 0.15) is 25.5 Å². The van der Waals surface area contributed by atoms with Crippen molar-refractivity contribution < 1.29 is 4.74 Å². The number of nitrogens with zero attached hydrogens (tertiary/aromatic N) is 2. The van der Waals surface area contributed by atoms with Crippen LogP contribution in [0.4, 0.5) is 0 Å². The first-order valence-corrected chi connectivity index (χ1v) is 7.50. The van der Waals surface area contributed by atoms with Crippen LogP contribution in [0, 0.1) is 0 Å². The molecular weight excluding hydrogens is 262 g/mol. The second kappa shape index (κ2) is 7.50. The molecule has 0 radical (unpaired) electrons. The third-order valence-electron chi connectivity index (χ3n) is 4.02. The lowest BCUT2D eigenvalue weighted by Crippen LogP contribution is -2.42. The van der Waals surface area contributed by atoms with Crippen molar-refractivity contribution in [2.75, 3.05) is 26.8 Å². The Balaban J connectivity index is 2.42. The van der Waals surface area contributed by atoms with Crippen LogP contribution in [0.15, 0.2) is 36.7 Å². The van der Waals surface area contributed by atoms with E-state index in [2.05, 4.69) is 41.9 Å². The fraction of sp³-hybridized carbons (Fsp3) is 0.471. The minimum atomic E-state index is 0.152. The summed E-state index contributed by atoms with van der Waals surface area (Å²) in [5.74, 6) is 0. The van der Waals surface area contributed by atoms with E-state index in [0.29, 0.717) is 19.2 Å². The van der Waals surface area contributed by atoms with Gasteiger partial charge in [-0.1, -0.05) is 31.2 Å². The van der Waals surface area contributed by atoms with Gasteiger partial charge in [0.05, 0.1) is 6.61 Å². The molecule has 0 spiro atoms. The van der Waals surface area contributed by atoms with Gasteiger partial charge in [-0.2, -0.15) is 0 Å². The van der Waals surface area contributed by atoms with E-state index in [9.17, 15) is 0 Å². The minimum absolute atomic E-state index is 0.152. The van der Waals surface area contributed by atoms with E-state index in [1.54, 1.807) is 7.11 Å². The number of pyridine rings is 1. The average Bonchev–Trinajstić information content (AvgIpc) is 2.52. The van der Waals surface area contributed by atoms with Gasteiger partial charge in [0, 0.05) is 43.5 Å². The van der Waals surface area contributed by atoms with E-state index in [1.165, 1.54) is 10.9 Å². The maximum Gasteiger partial charge on any atom is 0.0615 e. The first-order chi connectivity index (χ1) is 10.2. The van der Waals surface area contributed by atoms with Gasteiger partial charge in [0.2, 0.25) is 0 Å². The van der Waals surface area contributed by atoms with Crippen molar-refractivity contribution in [1.29, 1.82) is 0 Å². The van der Waals surface area contributed by atoms with Crippen molar-refractivity contribution in [2.45, 2.75) is 25.9 Å². The van der Waals surface area contributed by atoms with Crippen molar-refractivity contribution in [3.05, 3.63) is 42.2 Å². The van der Waals surface area contributed by atoms with Crippen LogP contribution in [0.25, 0.3) is 10.8 Å². The molecular formula is C17H25N3O. The van der Waals surface area contributed by atoms with Gasteiger partial charge in [-0.25, -0.2) is 0 Å². The summed E-state index contributed by atoms with van der Waals surface area (Å²) in [6.07, 6.45) is 3.85. The molecule has 2 rings (SSSR count). The lowest BCUT2D eigenvalue weighted by molar-refractivity contribution is 0.0755. The van der Waals surface area contributed by atoms with Crippen LogP contribution in [0.3, 0.4) is 0 Å². The van der Waals surface area contributed by atoms with E-state index in [-0.39, 0.29) is 6.04 Å². The molecule has 0 aliphatic rings. The molecule has 2 aromatic rings. The predicted octanol–water partition coefficient (Wildman–Crippen LogP) is 2.59. The summed E-state index contributed by atoms with van der Waals surface area (Å²) in [5, 5.41) is 2.38. The van der Waals surface area contributed by atoms with Gasteiger partial charge in [-0.15, -0.1) is 0 Å². The lowest BCUT2D eigenvalue weighted by Gasteiger charge is -2.35. The molecule has 21 heavy (non-hydrogen) atoms. The predicted molar refractivity (Wildman–Crippen MR) is 87.3 cm³/mol. The molecule has 0 saturated carbocycles. The minimum Gasteiger partial charge on any atom is -0.383 e. The molecule has 2 atom stereocenters. The summed E-state index contributed by atoms with van der Waals surface area (Å²) in [5.41, 5.74) is 7.29. The van der Waals surface area contributed by atoms with Gasteiger partial charge in [0.15, 0.2) is 0 Å². The Morgan fingerprint density at radius 3 is 2.71 bits per heavy atom. The van der Waals surface area contributed by atoms with Gasteiger partial charge >= 0.3 is 0 Å². The molecule has 0 bridgehead atoms. The number of fused-ring (bicyclic) bond motifs is 1. The number of methoxy groups -OCH3 is 1. The van der Waals surface area contributed by atoms with Crippen LogP contribution in [-0.2, 0) is 4.74 Å². The number of likely N-dealkylation sites (N-methyl/N-ethyl adjacent to an activating group) is 1. The molecule has 1 heterocycles. The third-order valence-corrected chi connectivity index (χ3v) is 4.02. The zero-order valence-corrected chi connectivity index (χ0v) is 13.1. The van der Waals surface area contributed by atoms with Gasteiger partial charge in [0.25, 0.3) is 0 Å². The molecule has 114 valence electrons. The fourth-order valence-electron chi connectivity index (χ4n) is 3.02. The average molecular weight is 287 g/mol. The molecule has 4 heteroatoms. The summed E-state index contributed by atoms with van der Waals surface area (Å²) >= 11 is 0. The highest BCUT2D eigenvalue weighted by molar-refractivity contribution is 5.85. The summed E-state index contributed by atoms with van der Waals surface area (Å²) < 4.78 is 5.31. The summed E-state index contributed by atoms with van der Waals surface area (Å²) in [6.45, 7) is 6.53. The second-order valence-electron chi connectivity index (χ2n) is 5.34. The van der Waals surface area contributed by atoms with Gasteiger partial charge < -0.3 is 10.5 Å². The Morgan fingerprint density at radius 2 is 2.05 bits per heavy atom. The van der Waals surface area contributed by atoms with Crippen LogP contribution in [0.5, 0.6) is 0 Å². The Bertz CT molecular complexity index is 567. The van der Waals surface area contributed by atoms with E-state index < -0.39 is 0 Å². The normalized spacial score (nSPS) is 14.5. The Hall–Kier alpha value is -1.49. The highest BCUT2D eigenvalue weighted by Gasteiger charge is 2.24. The summed E-state index contributed by atoms with van der Waals surface area (Å²) in [6, 6.07) is 8.80. The number of benzene rings is 1. The zero-order valence-electron chi connectivity index (χ0n) is 13.1. The highest BCUT2D eigenvalue weighted by Crippen LogP contribution is 2.28. The Labute approximate surface area is 126 Å². The van der Waals surface area contributed by atoms with Crippen molar-refractivity contribution in [3.63, 3.8) is 0 Å². The summed E-state index contributed by atoms with van der Waals surface area (Å²) in [4.78, 5) is 6.77. The number of ether oxygens (including phenoxy) is 1. The molecule has 0 amide bonds. The number of rotatable bonds is 7. The molecule has 4 nitrogen and oxygen atoms in total. The fourth-order valence-corrected chi connectivity index (χ4v) is 3.02. The number of nitrogens with two attached hydrogens (primary N) is 1. The van der Waals surface area contributed by atoms with Crippen molar-refractivity contribution >= 4 is 10.8 Å². The SMILES string of the molecule is CCN(C(C)COC)C(CN)c1cncc2ccccc12. The molecule has 0 aliphatic carbocycles. The number of hydrogen-bond donors (Lipinski definition) is 1. The topological polar surface area (TPSA) is 51.4 Å². The summed E-state index contributed by atoms with van der Waals surface area (Å²) in [7, 11) is 1.74. The maximum absolute atomic E-state index is 6.10. The molecule has 1 aromatic heterocycles. The standard InChI is InChI=1S/C17H25N3O/c1-4-20(13(2)12-21-3)17(9-18)16-11-19-10-14-7-5-6-8-15(14)16/h5-8,10-11,13,17H,4,9,12,18H2,1-3H3. The van der Waals surface area contributed by atoms with Crippen LogP contribution in [0.2, 0.25) is 0 Å². The zero-order chi connectivity index (χ0) is 15.2. The lowest BCUT2D eigenvalue weighted by atomic mass is 9.99. The Kier molecular flexibility index (Phi) is 5.67. The Morgan fingerprint density at radius 1 is 1.29 bits per heavy atom. The molecule has 1 aromatic carbocycles. The number of aromatic nitrogens is 1. The number of hydrogen-bond acceptors (Lipinski definition) is 4. The van der Waals surface area contributed by atoms with E-state index in [0.717, 1.165) is 11.9 Å². The molecule has 0 fully saturated rings. The first-order valence-electron chi connectivity index (χ1n) is 7.50. The third kappa shape index (κ3) is 3.40. The van der Waals surface area contributed by atoms with Gasteiger partial charge in [-0.05, 0) is 24.4 Å². The van der Waals surface area contributed by atoms with Crippen molar-refractivity contribution in [2.24, 2.45) is 5.73 Å². The van der Waals surface area contributed by atoms with Crippen molar-refractivity contribution in [1.82, 2.24) is 9.88 Å². The second-order valence-corrected chi connectivity index (χ2v) is 5.34. The van der Waals surface area contributed by atoms with Crippen LogP contribution < -0.4 is 5.73 Å². The van der Waals surface area contributed by atoms with E-state index in [4.69, 9.17) is 10.5 Å². The molecule has 0 saturated heterocycles. The maximum atomic E-state index is 6.10. The highest BCUT2D eigenvalue weighted by atomic mass is 16.5. The van der Waals surface area contributed by atoms with Crippen LogP contribution >= 0.6 is 0 Å². The first kappa shape index (κ1) is 15.9.